The summed E-state index contributed by atoms with van der Waals surface area (Å²) in [5, 5.41) is 10.3. The topological polar surface area (TPSA) is 56.8 Å². The van der Waals surface area contributed by atoms with Crippen molar-refractivity contribution < 1.29 is 0 Å². The molecule has 0 amide bonds. The molecule has 0 aliphatic carbocycles. The van der Waals surface area contributed by atoms with E-state index in [4.69, 9.17) is 0 Å². The Labute approximate surface area is 103 Å². The minimum absolute atomic E-state index is 0.674. The van der Waals surface area contributed by atoms with E-state index >= 15 is 0 Å². The molecule has 17 heavy (non-hydrogen) atoms. The first-order chi connectivity index (χ1) is 8.25. The first kappa shape index (κ1) is 12.5. The van der Waals surface area contributed by atoms with Crippen LogP contribution in [0.15, 0.2) is 6.33 Å². The standard InChI is InChI=1S/C12H23N5/c1-10(2)17-7-4-11(5-8-17)13-6-3-12-14-9-15-16-12/h9-11,13H,3-8H2,1-2H3,(H,14,15,16). The molecule has 0 spiro atoms. The minimum Gasteiger partial charge on any atom is -0.313 e. The Hall–Kier alpha value is -0.940. The second-order valence-corrected chi connectivity index (χ2v) is 5.04. The van der Waals surface area contributed by atoms with Crippen molar-refractivity contribution in [2.24, 2.45) is 0 Å². The van der Waals surface area contributed by atoms with E-state index in [1.54, 1.807) is 6.33 Å². The molecule has 5 nitrogen and oxygen atoms in total. The Morgan fingerprint density at radius 1 is 1.47 bits per heavy atom. The molecule has 96 valence electrons. The third kappa shape index (κ3) is 3.78. The van der Waals surface area contributed by atoms with Gasteiger partial charge in [-0.05, 0) is 39.8 Å². The van der Waals surface area contributed by atoms with E-state index in [-0.39, 0.29) is 0 Å². The molecule has 1 aromatic heterocycles. The highest BCUT2D eigenvalue weighted by Gasteiger charge is 2.19. The van der Waals surface area contributed by atoms with Crippen LogP contribution in [-0.2, 0) is 6.42 Å². The van der Waals surface area contributed by atoms with Gasteiger partial charge in [-0.1, -0.05) is 0 Å². The fourth-order valence-electron chi connectivity index (χ4n) is 2.37. The largest absolute Gasteiger partial charge is 0.313 e. The Kier molecular flexibility index (Phi) is 4.50. The molecule has 1 saturated heterocycles. The molecule has 2 rings (SSSR count). The molecule has 2 N–H and O–H groups in total. The highest BCUT2D eigenvalue weighted by atomic mass is 15.2. The van der Waals surface area contributed by atoms with E-state index < -0.39 is 0 Å². The highest BCUT2D eigenvalue weighted by molar-refractivity contribution is 4.83. The van der Waals surface area contributed by atoms with Crippen LogP contribution in [0.2, 0.25) is 0 Å². The molecule has 0 atom stereocenters. The molecule has 1 aromatic rings. The van der Waals surface area contributed by atoms with Crippen LogP contribution < -0.4 is 5.32 Å². The maximum atomic E-state index is 4.12. The monoisotopic (exact) mass is 237 g/mol. The number of likely N-dealkylation sites (tertiary alicyclic amines) is 1. The van der Waals surface area contributed by atoms with Crippen LogP contribution in [-0.4, -0.2) is 51.8 Å². The zero-order valence-electron chi connectivity index (χ0n) is 10.8. The van der Waals surface area contributed by atoms with E-state index in [1.165, 1.54) is 25.9 Å². The van der Waals surface area contributed by atoms with E-state index in [2.05, 4.69) is 39.2 Å². The molecule has 2 heterocycles. The first-order valence-electron chi connectivity index (χ1n) is 6.57. The maximum Gasteiger partial charge on any atom is 0.137 e. The van der Waals surface area contributed by atoms with Crippen LogP contribution in [0.1, 0.15) is 32.5 Å². The van der Waals surface area contributed by atoms with Gasteiger partial charge in [0.05, 0.1) is 0 Å². The van der Waals surface area contributed by atoms with Gasteiger partial charge in [0.15, 0.2) is 0 Å². The lowest BCUT2D eigenvalue weighted by atomic mass is 10.0. The summed E-state index contributed by atoms with van der Waals surface area (Å²) in [6, 6.07) is 1.36. The molecule has 1 fully saturated rings. The second kappa shape index (κ2) is 6.12. The lowest BCUT2D eigenvalue weighted by Crippen LogP contribution is -2.45. The molecule has 0 bridgehead atoms. The van der Waals surface area contributed by atoms with Gasteiger partial charge in [0, 0.05) is 25.0 Å². The predicted molar refractivity (Wildman–Crippen MR) is 67.8 cm³/mol. The van der Waals surface area contributed by atoms with Gasteiger partial charge in [-0.2, -0.15) is 5.10 Å². The molecule has 1 aliphatic heterocycles. The quantitative estimate of drug-likeness (QED) is 0.795. The molecular weight excluding hydrogens is 214 g/mol. The SMILES string of the molecule is CC(C)N1CCC(NCCc2ncn[nH]2)CC1. The van der Waals surface area contributed by atoms with E-state index in [9.17, 15) is 0 Å². The first-order valence-corrected chi connectivity index (χ1v) is 6.57. The number of aromatic amines is 1. The van der Waals surface area contributed by atoms with E-state index in [0.717, 1.165) is 18.8 Å². The van der Waals surface area contributed by atoms with Crippen LogP contribution in [0.25, 0.3) is 0 Å². The molecular formula is C12H23N5. The fraction of sp³-hybridized carbons (Fsp3) is 0.833. The summed E-state index contributed by atoms with van der Waals surface area (Å²) in [4.78, 5) is 6.67. The number of rotatable bonds is 5. The molecule has 1 aliphatic rings. The Balaban J connectivity index is 1.62. The Morgan fingerprint density at radius 2 is 2.24 bits per heavy atom. The van der Waals surface area contributed by atoms with Crippen LogP contribution in [0.4, 0.5) is 0 Å². The van der Waals surface area contributed by atoms with Crippen molar-refractivity contribution in [3.63, 3.8) is 0 Å². The summed E-state index contributed by atoms with van der Waals surface area (Å²) in [6.07, 6.45) is 5.02. The summed E-state index contributed by atoms with van der Waals surface area (Å²) >= 11 is 0. The van der Waals surface area contributed by atoms with Crippen molar-refractivity contribution in [3.05, 3.63) is 12.2 Å². The number of aromatic nitrogens is 3. The van der Waals surface area contributed by atoms with Gasteiger partial charge in [0.25, 0.3) is 0 Å². The number of H-pyrrole nitrogens is 1. The summed E-state index contributed by atoms with van der Waals surface area (Å²) < 4.78 is 0. The molecule has 5 heteroatoms. The zero-order chi connectivity index (χ0) is 12.1. The van der Waals surface area contributed by atoms with Crippen molar-refractivity contribution in [2.75, 3.05) is 19.6 Å². The maximum absolute atomic E-state index is 4.12. The fourth-order valence-corrected chi connectivity index (χ4v) is 2.37. The van der Waals surface area contributed by atoms with Gasteiger partial charge in [-0.15, -0.1) is 0 Å². The second-order valence-electron chi connectivity index (χ2n) is 5.04. The van der Waals surface area contributed by atoms with Gasteiger partial charge >= 0.3 is 0 Å². The summed E-state index contributed by atoms with van der Waals surface area (Å²) in [5.41, 5.74) is 0. The van der Waals surface area contributed by atoms with Gasteiger partial charge < -0.3 is 10.2 Å². The average Bonchev–Trinajstić information content (AvgIpc) is 2.83. The van der Waals surface area contributed by atoms with Crippen molar-refractivity contribution in [3.8, 4) is 0 Å². The summed E-state index contributed by atoms with van der Waals surface area (Å²) in [7, 11) is 0. The summed E-state index contributed by atoms with van der Waals surface area (Å²) in [6.45, 7) is 7.98. The Bertz CT molecular complexity index is 301. The average molecular weight is 237 g/mol. The van der Waals surface area contributed by atoms with Gasteiger partial charge in [0.2, 0.25) is 0 Å². The normalized spacial score (nSPS) is 19.0. The van der Waals surface area contributed by atoms with Crippen molar-refractivity contribution in [2.45, 2.75) is 45.2 Å². The molecule has 0 radical (unpaired) electrons. The minimum atomic E-state index is 0.674. The smallest absolute Gasteiger partial charge is 0.137 e. The number of hydrogen-bond donors (Lipinski definition) is 2. The summed E-state index contributed by atoms with van der Waals surface area (Å²) in [5.74, 6) is 0.970. The number of piperidine rings is 1. The van der Waals surface area contributed by atoms with Crippen molar-refractivity contribution >= 4 is 0 Å². The zero-order valence-corrected chi connectivity index (χ0v) is 10.8. The lowest BCUT2D eigenvalue weighted by molar-refractivity contribution is 0.161. The van der Waals surface area contributed by atoms with Crippen LogP contribution >= 0.6 is 0 Å². The third-order valence-corrected chi connectivity index (χ3v) is 3.52. The lowest BCUT2D eigenvalue weighted by Gasteiger charge is -2.34. The van der Waals surface area contributed by atoms with Crippen LogP contribution in [0, 0.1) is 0 Å². The number of hydrogen-bond acceptors (Lipinski definition) is 4. The van der Waals surface area contributed by atoms with E-state index in [0.29, 0.717) is 12.1 Å². The Morgan fingerprint density at radius 3 is 2.82 bits per heavy atom. The van der Waals surface area contributed by atoms with E-state index in [1.807, 2.05) is 0 Å². The van der Waals surface area contributed by atoms with Crippen LogP contribution in [0.3, 0.4) is 0 Å². The van der Waals surface area contributed by atoms with Gasteiger partial charge in [-0.3, -0.25) is 5.10 Å². The number of nitrogens with one attached hydrogen (secondary N) is 2. The van der Waals surface area contributed by atoms with Gasteiger partial charge in [-0.25, -0.2) is 4.98 Å². The van der Waals surface area contributed by atoms with Crippen molar-refractivity contribution in [1.29, 1.82) is 0 Å². The van der Waals surface area contributed by atoms with Crippen LogP contribution in [0.5, 0.6) is 0 Å². The third-order valence-electron chi connectivity index (χ3n) is 3.52. The predicted octanol–water partition coefficient (Wildman–Crippen LogP) is 0.810. The highest BCUT2D eigenvalue weighted by Crippen LogP contribution is 2.12. The molecule has 0 unspecified atom stereocenters. The van der Waals surface area contributed by atoms with Crippen molar-refractivity contribution in [1.82, 2.24) is 25.4 Å². The molecule has 0 aromatic carbocycles. The number of nitrogens with zero attached hydrogens (tertiary/aromatic N) is 3. The van der Waals surface area contributed by atoms with Gasteiger partial charge in [0.1, 0.15) is 12.2 Å². The molecule has 0 saturated carbocycles.